The Balaban J connectivity index is 2.21. The monoisotopic (exact) mass is 267 g/mol. The van der Waals surface area contributed by atoms with Crippen LogP contribution in [0.15, 0.2) is 24.3 Å². The molecule has 1 amide bonds. The summed E-state index contributed by atoms with van der Waals surface area (Å²) < 4.78 is 38.5. The van der Waals surface area contributed by atoms with Crippen LogP contribution in [0.5, 0.6) is 0 Å². The Morgan fingerprint density at radius 3 is 2.63 bits per heavy atom. The number of alkyl halides is 3. The van der Waals surface area contributed by atoms with Crippen LogP contribution in [-0.4, -0.2) is 17.4 Å². The zero-order valence-corrected chi connectivity index (χ0v) is 10.1. The molecule has 1 aliphatic rings. The first-order valence-corrected chi connectivity index (χ1v) is 5.81. The number of hydrogen-bond acceptors (Lipinski definition) is 1. The predicted octanol–water partition coefficient (Wildman–Crippen LogP) is 2.69. The minimum absolute atomic E-state index is 0.0489. The average Bonchev–Trinajstić information content (AvgIpc) is 2.70. The van der Waals surface area contributed by atoms with Crippen molar-refractivity contribution in [3.63, 3.8) is 0 Å². The standard InChI is InChI=1S/C14H12F3NO/c1-2-10-7-13(19)18(8-10)9-11-5-3-4-6-12(11)14(15,16)17/h1,3-6,10H,7-9H2. The Hall–Kier alpha value is -1.96. The average molecular weight is 267 g/mol. The number of carbonyl (C=O) groups excluding carboxylic acids is 1. The van der Waals surface area contributed by atoms with Crippen LogP contribution in [-0.2, 0) is 17.5 Å². The topological polar surface area (TPSA) is 20.3 Å². The molecule has 19 heavy (non-hydrogen) atoms. The van der Waals surface area contributed by atoms with Crippen molar-refractivity contribution in [2.75, 3.05) is 6.54 Å². The summed E-state index contributed by atoms with van der Waals surface area (Å²) >= 11 is 0. The number of terminal acetylenes is 1. The molecule has 0 bridgehead atoms. The van der Waals surface area contributed by atoms with Gasteiger partial charge < -0.3 is 4.90 Å². The number of likely N-dealkylation sites (tertiary alicyclic amines) is 1. The largest absolute Gasteiger partial charge is 0.416 e. The molecular formula is C14H12F3NO. The van der Waals surface area contributed by atoms with Crippen LogP contribution in [0.1, 0.15) is 17.5 Å². The highest BCUT2D eigenvalue weighted by Crippen LogP contribution is 2.33. The van der Waals surface area contributed by atoms with E-state index in [9.17, 15) is 18.0 Å². The molecule has 1 unspecified atom stereocenters. The Kier molecular flexibility index (Phi) is 3.52. The third-order valence-corrected chi connectivity index (χ3v) is 3.13. The van der Waals surface area contributed by atoms with Crippen molar-refractivity contribution >= 4 is 5.91 Å². The molecular weight excluding hydrogens is 255 g/mol. The van der Waals surface area contributed by atoms with Crippen molar-refractivity contribution in [1.82, 2.24) is 4.90 Å². The van der Waals surface area contributed by atoms with Gasteiger partial charge in [-0.2, -0.15) is 13.2 Å². The van der Waals surface area contributed by atoms with Gasteiger partial charge in [-0.1, -0.05) is 18.2 Å². The van der Waals surface area contributed by atoms with Crippen LogP contribution >= 0.6 is 0 Å². The van der Waals surface area contributed by atoms with Crippen molar-refractivity contribution < 1.29 is 18.0 Å². The molecule has 0 spiro atoms. The lowest BCUT2D eigenvalue weighted by atomic mass is 10.1. The lowest BCUT2D eigenvalue weighted by molar-refractivity contribution is -0.139. The fourth-order valence-electron chi connectivity index (χ4n) is 2.18. The van der Waals surface area contributed by atoms with Crippen LogP contribution in [0.3, 0.4) is 0 Å². The number of benzene rings is 1. The van der Waals surface area contributed by atoms with Crippen molar-refractivity contribution in [1.29, 1.82) is 0 Å². The zero-order valence-electron chi connectivity index (χ0n) is 10.1. The van der Waals surface area contributed by atoms with Crippen LogP contribution in [0.25, 0.3) is 0 Å². The second kappa shape index (κ2) is 4.96. The van der Waals surface area contributed by atoms with E-state index in [1.807, 2.05) is 0 Å². The van der Waals surface area contributed by atoms with E-state index >= 15 is 0 Å². The first-order chi connectivity index (χ1) is 8.91. The lowest BCUT2D eigenvalue weighted by Crippen LogP contribution is -2.26. The van der Waals surface area contributed by atoms with Gasteiger partial charge in [0.05, 0.1) is 5.56 Å². The molecule has 1 aromatic rings. The van der Waals surface area contributed by atoms with E-state index in [1.54, 1.807) is 0 Å². The summed E-state index contributed by atoms with van der Waals surface area (Å²) in [4.78, 5) is 13.0. The second-order valence-electron chi connectivity index (χ2n) is 4.50. The summed E-state index contributed by atoms with van der Waals surface area (Å²) in [6.07, 6.45) is 1.04. The van der Waals surface area contributed by atoms with Crippen molar-refractivity contribution in [3.8, 4) is 12.3 Å². The first-order valence-electron chi connectivity index (χ1n) is 5.81. The minimum Gasteiger partial charge on any atom is -0.337 e. The van der Waals surface area contributed by atoms with E-state index in [0.717, 1.165) is 6.07 Å². The molecule has 1 aliphatic heterocycles. The minimum atomic E-state index is -4.41. The molecule has 1 aromatic carbocycles. The van der Waals surface area contributed by atoms with Gasteiger partial charge in [-0.3, -0.25) is 4.79 Å². The zero-order chi connectivity index (χ0) is 14.0. The lowest BCUT2D eigenvalue weighted by Gasteiger charge is -2.19. The first kappa shape index (κ1) is 13.5. The van der Waals surface area contributed by atoms with Crippen LogP contribution in [0.4, 0.5) is 13.2 Å². The second-order valence-corrected chi connectivity index (χ2v) is 4.50. The Labute approximate surface area is 109 Å². The maximum atomic E-state index is 12.8. The van der Waals surface area contributed by atoms with E-state index in [0.29, 0.717) is 6.54 Å². The molecule has 0 radical (unpaired) electrons. The molecule has 1 atom stereocenters. The summed E-state index contributed by atoms with van der Waals surface area (Å²) in [7, 11) is 0. The van der Waals surface area contributed by atoms with Crippen molar-refractivity contribution in [3.05, 3.63) is 35.4 Å². The van der Waals surface area contributed by atoms with E-state index in [2.05, 4.69) is 5.92 Å². The van der Waals surface area contributed by atoms with Gasteiger partial charge in [-0.05, 0) is 11.6 Å². The van der Waals surface area contributed by atoms with Crippen LogP contribution in [0.2, 0.25) is 0 Å². The van der Waals surface area contributed by atoms with Gasteiger partial charge in [0.2, 0.25) is 5.91 Å². The van der Waals surface area contributed by atoms with Crippen LogP contribution < -0.4 is 0 Å². The summed E-state index contributed by atoms with van der Waals surface area (Å²) in [6.45, 7) is 0.272. The molecule has 1 saturated heterocycles. The molecule has 2 nitrogen and oxygen atoms in total. The van der Waals surface area contributed by atoms with Crippen LogP contribution in [0, 0.1) is 18.3 Å². The van der Waals surface area contributed by atoms with E-state index in [1.165, 1.54) is 23.1 Å². The highest BCUT2D eigenvalue weighted by molar-refractivity contribution is 5.79. The maximum Gasteiger partial charge on any atom is 0.416 e. The third kappa shape index (κ3) is 2.90. The number of rotatable bonds is 2. The van der Waals surface area contributed by atoms with E-state index < -0.39 is 11.7 Å². The third-order valence-electron chi connectivity index (χ3n) is 3.13. The normalized spacial score (nSPS) is 19.6. The van der Waals surface area contributed by atoms with Gasteiger partial charge in [0, 0.05) is 25.4 Å². The molecule has 100 valence electrons. The molecule has 2 rings (SSSR count). The van der Waals surface area contributed by atoms with Crippen molar-refractivity contribution in [2.45, 2.75) is 19.1 Å². The molecule has 0 aliphatic carbocycles. The maximum absolute atomic E-state index is 12.8. The number of amides is 1. The highest BCUT2D eigenvalue weighted by atomic mass is 19.4. The SMILES string of the molecule is C#CC1CC(=O)N(Cc2ccccc2C(F)(F)F)C1. The quantitative estimate of drug-likeness (QED) is 0.754. The van der Waals surface area contributed by atoms with Gasteiger partial charge in [0.25, 0.3) is 0 Å². The molecule has 5 heteroatoms. The fourth-order valence-corrected chi connectivity index (χ4v) is 2.18. The highest BCUT2D eigenvalue weighted by Gasteiger charge is 2.35. The Morgan fingerprint density at radius 2 is 2.05 bits per heavy atom. The van der Waals surface area contributed by atoms with E-state index in [-0.39, 0.29) is 30.4 Å². The molecule has 1 fully saturated rings. The molecule has 1 heterocycles. The summed E-state index contributed by atoms with van der Waals surface area (Å²) in [5.41, 5.74) is -0.604. The summed E-state index contributed by atoms with van der Waals surface area (Å²) in [6, 6.07) is 5.28. The molecule has 0 N–H and O–H groups in total. The van der Waals surface area contributed by atoms with E-state index in [4.69, 9.17) is 6.42 Å². The van der Waals surface area contributed by atoms with Gasteiger partial charge in [-0.25, -0.2) is 0 Å². The smallest absolute Gasteiger partial charge is 0.337 e. The number of carbonyl (C=O) groups is 1. The Morgan fingerprint density at radius 1 is 1.37 bits per heavy atom. The fraction of sp³-hybridized carbons (Fsp3) is 0.357. The van der Waals surface area contributed by atoms with Gasteiger partial charge in [-0.15, -0.1) is 12.3 Å². The summed E-state index contributed by atoms with van der Waals surface area (Å²) in [5, 5.41) is 0. The number of hydrogen-bond donors (Lipinski definition) is 0. The van der Waals surface area contributed by atoms with Gasteiger partial charge in [0.1, 0.15) is 0 Å². The number of nitrogens with zero attached hydrogens (tertiary/aromatic N) is 1. The number of halogens is 3. The molecule has 0 aromatic heterocycles. The van der Waals surface area contributed by atoms with Gasteiger partial charge in [0.15, 0.2) is 0 Å². The molecule has 0 saturated carbocycles. The predicted molar refractivity (Wildman–Crippen MR) is 63.8 cm³/mol. The van der Waals surface area contributed by atoms with Gasteiger partial charge >= 0.3 is 6.18 Å². The van der Waals surface area contributed by atoms with Crippen molar-refractivity contribution in [2.24, 2.45) is 5.92 Å². The summed E-state index contributed by atoms with van der Waals surface area (Å²) in [5.74, 6) is 2.07. The Bertz CT molecular complexity index is 530.